The zero-order valence-electron chi connectivity index (χ0n) is 36.2. The maximum atomic E-state index is 14.8. The van der Waals surface area contributed by atoms with Crippen LogP contribution in [0.5, 0.6) is 5.75 Å². The number of ether oxygens (including phenoxy) is 1. The number of oxime groups is 1. The first-order valence-electron chi connectivity index (χ1n) is 21.7. The molecule has 1 fully saturated rings. The van der Waals surface area contributed by atoms with Crippen LogP contribution in [0.3, 0.4) is 0 Å². The SMILES string of the molecule is CO/N=C(\C(=O)NC1C(=O)N2C(C(=O)OC(c3ccccc3)c3ccccc3)=C(N3Cc4ccc(O)cc4C3)CSC12)c1csc(NC(c2ccccc2)(c2ccccc2)c2ccccc2)n1. The molecule has 1 aromatic heterocycles. The normalized spacial score (nSPS) is 16.8. The van der Waals surface area contributed by atoms with Gasteiger partial charge in [0.25, 0.3) is 11.8 Å². The Labute approximate surface area is 395 Å². The number of aromatic hydroxyl groups is 1. The Bertz CT molecular complexity index is 2850. The predicted octanol–water partition coefficient (Wildman–Crippen LogP) is 8.56. The lowest BCUT2D eigenvalue weighted by molar-refractivity contribution is -0.154. The van der Waals surface area contributed by atoms with Crippen molar-refractivity contribution in [2.24, 2.45) is 5.16 Å². The van der Waals surface area contributed by atoms with Gasteiger partial charge in [-0.2, -0.15) is 0 Å². The van der Waals surface area contributed by atoms with Gasteiger partial charge in [0.05, 0.1) is 5.70 Å². The summed E-state index contributed by atoms with van der Waals surface area (Å²) in [5.41, 5.74) is 6.42. The number of anilines is 1. The number of benzene rings is 6. The summed E-state index contributed by atoms with van der Waals surface area (Å²) in [7, 11) is 1.34. The summed E-state index contributed by atoms with van der Waals surface area (Å²) in [6.45, 7) is 0.898. The summed E-state index contributed by atoms with van der Waals surface area (Å²) >= 11 is 2.75. The number of nitrogens with zero attached hydrogens (tertiary/aromatic N) is 4. The van der Waals surface area contributed by atoms with Crippen LogP contribution in [0.15, 0.2) is 192 Å². The average Bonchev–Trinajstić information content (AvgIpc) is 4.03. The number of carbonyl (C=O) groups excluding carboxylic acids is 3. The first-order chi connectivity index (χ1) is 32.8. The van der Waals surface area contributed by atoms with Crippen molar-refractivity contribution < 1.29 is 29.1 Å². The number of hydrogen-bond acceptors (Lipinski definition) is 12. The number of aromatic nitrogens is 1. The summed E-state index contributed by atoms with van der Waals surface area (Å²) in [5.74, 6) is -1.32. The number of β-lactam (4-membered cyclic amide) rings is 1. The minimum atomic E-state index is -1.01. The van der Waals surface area contributed by atoms with E-state index in [4.69, 9.17) is 14.6 Å². The number of rotatable bonds is 14. The van der Waals surface area contributed by atoms with Crippen molar-refractivity contribution in [3.05, 3.63) is 231 Å². The molecule has 3 N–H and O–H groups in total. The van der Waals surface area contributed by atoms with Crippen molar-refractivity contribution in [3.63, 3.8) is 0 Å². The number of carbonyl (C=O) groups is 3. The topological polar surface area (TPSA) is 146 Å². The Morgan fingerprint density at radius 3 is 1.90 bits per heavy atom. The van der Waals surface area contributed by atoms with Gasteiger partial charge in [0, 0.05) is 24.2 Å². The van der Waals surface area contributed by atoms with E-state index in [0.29, 0.717) is 29.7 Å². The Balaban J connectivity index is 0.936. The zero-order valence-corrected chi connectivity index (χ0v) is 37.8. The van der Waals surface area contributed by atoms with Crippen LogP contribution in [0.25, 0.3) is 0 Å². The van der Waals surface area contributed by atoms with Gasteiger partial charge in [0.15, 0.2) is 22.6 Å². The molecule has 2 atom stereocenters. The van der Waals surface area contributed by atoms with Crippen LogP contribution in [-0.2, 0) is 42.6 Å². The molecule has 2 unspecified atom stereocenters. The molecule has 334 valence electrons. The average molecular weight is 925 g/mol. The number of nitrogens with one attached hydrogen (secondary N) is 2. The molecule has 14 heteroatoms. The fourth-order valence-electron chi connectivity index (χ4n) is 9.04. The van der Waals surface area contributed by atoms with Crippen LogP contribution in [0.4, 0.5) is 5.13 Å². The van der Waals surface area contributed by atoms with E-state index in [1.807, 2.05) is 126 Å². The van der Waals surface area contributed by atoms with Gasteiger partial charge >= 0.3 is 5.97 Å². The van der Waals surface area contributed by atoms with E-state index >= 15 is 0 Å². The molecular formula is C53H44N6O6S2. The maximum Gasteiger partial charge on any atom is 0.357 e. The second-order valence-corrected chi connectivity index (χ2v) is 18.2. The number of fused-ring (bicyclic) bond motifs is 2. The third kappa shape index (κ3) is 8.30. The molecule has 0 bridgehead atoms. The molecule has 3 aliphatic heterocycles. The van der Waals surface area contributed by atoms with Gasteiger partial charge in [-0.05, 0) is 51.1 Å². The van der Waals surface area contributed by atoms with E-state index < -0.39 is 40.8 Å². The van der Waals surface area contributed by atoms with Gasteiger partial charge in [0.2, 0.25) is 0 Å². The van der Waals surface area contributed by atoms with Crippen molar-refractivity contribution >= 4 is 51.7 Å². The smallest absolute Gasteiger partial charge is 0.357 e. The molecule has 7 aromatic rings. The largest absolute Gasteiger partial charge is 0.508 e. The molecule has 67 heavy (non-hydrogen) atoms. The molecule has 2 amide bonds. The van der Waals surface area contributed by atoms with E-state index in [-0.39, 0.29) is 22.9 Å². The predicted molar refractivity (Wildman–Crippen MR) is 259 cm³/mol. The van der Waals surface area contributed by atoms with Crippen LogP contribution in [0.2, 0.25) is 0 Å². The number of esters is 1. The minimum absolute atomic E-state index is 0.118. The van der Waals surface area contributed by atoms with E-state index in [0.717, 1.165) is 38.9 Å². The Hall–Kier alpha value is -7.68. The molecule has 10 rings (SSSR count). The monoisotopic (exact) mass is 924 g/mol. The van der Waals surface area contributed by atoms with Gasteiger partial charge in [-0.1, -0.05) is 163 Å². The Morgan fingerprint density at radius 1 is 0.776 bits per heavy atom. The lowest BCUT2D eigenvalue weighted by atomic mass is 9.77. The van der Waals surface area contributed by atoms with Gasteiger partial charge in [-0.15, -0.1) is 23.1 Å². The Kier molecular flexibility index (Phi) is 12.0. The highest BCUT2D eigenvalue weighted by molar-refractivity contribution is 8.00. The number of thioether (sulfide) groups is 1. The summed E-state index contributed by atoms with van der Waals surface area (Å²) in [6.07, 6.45) is -0.764. The van der Waals surface area contributed by atoms with Crippen LogP contribution < -0.4 is 10.6 Å². The molecular weight excluding hydrogens is 881 g/mol. The molecule has 0 spiro atoms. The highest BCUT2D eigenvalue weighted by atomic mass is 32.2. The Morgan fingerprint density at radius 2 is 1.33 bits per heavy atom. The summed E-state index contributed by atoms with van der Waals surface area (Å²) in [4.78, 5) is 57.2. The lowest BCUT2D eigenvalue weighted by Crippen LogP contribution is -2.71. The molecule has 12 nitrogen and oxygen atoms in total. The van der Waals surface area contributed by atoms with Crippen molar-refractivity contribution in [2.75, 3.05) is 18.2 Å². The fraction of sp³-hybridized carbons (Fsp3) is 0.151. The fourth-order valence-corrected chi connectivity index (χ4v) is 11.2. The summed E-state index contributed by atoms with van der Waals surface area (Å²) in [5, 5.41) is 22.6. The van der Waals surface area contributed by atoms with Gasteiger partial charge in [-0.3, -0.25) is 14.5 Å². The van der Waals surface area contributed by atoms with Gasteiger partial charge in [0.1, 0.15) is 35.5 Å². The van der Waals surface area contributed by atoms with Crippen LogP contribution in [0.1, 0.15) is 50.7 Å². The highest BCUT2D eigenvalue weighted by Crippen LogP contribution is 2.45. The number of phenolic OH excluding ortho intramolecular Hbond substituents is 1. The van der Waals surface area contributed by atoms with Gasteiger partial charge in [-0.25, -0.2) is 9.78 Å². The van der Waals surface area contributed by atoms with Crippen LogP contribution in [0, 0.1) is 0 Å². The van der Waals surface area contributed by atoms with Crippen molar-refractivity contribution in [1.29, 1.82) is 0 Å². The third-order valence-corrected chi connectivity index (χ3v) is 14.2. The van der Waals surface area contributed by atoms with Crippen molar-refractivity contribution in [2.45, 2.75) is 36.1 Å². The van der Waals surface area contributed by atoms with Crippen LogP contribution in [-0.4, -0.2) is 67.7 Å². The quantitative estimate of drug-likeness (QED) is 0.0319. The molecule has 4 heterocycles. The number of amides is 2. The van der Waals surface area contributed by atoms with E-state index in [1.165, 1.54) is 35.1 Å². The molecule has 6 aromatic carbocycles. The second-order valence-electron chi connectivity index (χ2n) is 16.2. The highest BCUT2D eigenvalue weighted by Gasteiger charge is 2.56. The lowest BCUT2D eigenvalue weighted by Gasteiger charge is -2.50. The maximum absolute atomic E-state index is 14.8. The van der Waals surface area contributed by atoms with Crippen LogP contribution >= 0.6 is 23.1 Å². The number of thiazole rings is 1. The second kappa shape index (κ2) is 18.7. The zero-order chi connectivity index (χ0) is 45.9. The van der Waals surface area contributed by atoms with E-state index in [1.54, 1.807) is 17.5 Å². The number of hydrogen-bond donors (Lipinski definition) is 3. The van der Waals surface area contributed by atoms with E-state index in [2.05, 4.69) is 52.2 Å². The molecule has 0 aliphatic carbocycles. The molecule has 0 radical (unpaired) electrons. The third-order valence-electron chi connectivity index (χ3n) is 12.2. The minimum Gasteiger partial charge on any atom is -0.508 e. The molecule has 1 saturated heterocycles. The van der Waals surface area contributed by atoms with Crippen molar-refractivity contribution in [3.8, 4) is 5.75 Å². The first-order valence-corrected chi connectivity index (χ1v) is 23.6. The number of phenols is 1. The van der Waals surface area contributed by atoms with Crippen molar-refractivity contribution in [1.82, 2.24) is 20.1 Å². The summed E-state index contributed by atoms with van der Waals surface area (Å²) in [6, 6.07) is 53.5. The first kappa shape index (κ1) is 43.2. The van der Waals surface area contributed by atoms with E-state index in [9.17, 15) is 19.5 Å². The van der Waals surface area contributed by atoms with Gasteiger partial charge < -0.3 is 30.2 Å². The molecule has 0 saturated carbocycles. The molecule has 3 aliphatic rings. The summed E-state index contributed by atoms with van der Waals surface area (Å²) < 4.78 is 6.41. The standard InChI is InChI=1S/C53H44N6O6S2/c1-64-57-44(42-32-67-52(54-42)56-53(38-21-11-4-12-22-38,39-23-13-5-14-24-39)40-25-15-6-16-26-40)48(61)55-45-49(62)59-46(43(33-66-50(45)59)58-30-36-27-28-41(60)29-37(36)31-58)51(63)65-47(34-17-7-2-8-18-34)35-19-9-3-10-20-35/h2-29,32,45,47,50,60H,30-31,33H2,1H3,(H,54,56)(H,55,61)/b57-44-.